The fourth-order valence-corrected chi connectivity index (χ4v) is 7.13. The third kappa shape index (κ3) is 5.20. The van der Waals surface area contributed by atoms with E-state index in [1.165, 1.54) is 17.1 Å². The summed E-state index contributed by atoms with van der Waals surface area (Å²) in [4.78, 5) is 15.0. The summed E-state index contributed by atoms with van der Waals surface area (Å²) in [6.45, 7) is 7.22. The summed E-state index contributed by atoms with van der Waals surface area (Å²) in [5.41, 5.74) is 2.89. The minimum absolute atomic E-state index is 0.0167. The van der Waals surface area contributed by atoms with E-state index in [4.69, 9.17) is 16.3 Å². The fourth-order valence-electron chi connectivity index (χ4n) is 4.96. The minimum atomic E-state index is -4.18. The Morgan fingerprint density at radius 2 is 2.08 bits per heavy atom. The van der Waals surface area contributed by atoms with E-state index < -0.39 is 22.0 Å². The molecular weight excluding hydrogens is 556 g/mol. The number of nitrogens with zero attached hydrogens (tertiary/aromatic N) is 7. The second kappa shape index (κ2) is 10.9. The molecule has 40 heavy (non-hydrogen) atoms. The summed E-state index contributed by atoms with van der Waals surface area (Å²) >= 11 is 6.27. The molecule has 0 saturated heterocycles. The van der Waals surface area contributed by atoms with Crippen LogP contribution in [0.3, 0.4) is 0 Å². The van der Waals surface area contributed by atoms with Crippen molar-refractivity contribution in [3.63, 3.8) is 0 Å². The molecule has 0 fully saturated rings. The minimum Gasteiger partial charge on any atom is -0.493 e. The van der Waals surface area contributed by atoms with Gasteiger partial charge in [0.15, 0.2) is 0 Å². The molecule has 5 rings (SSSR count). The van der Waals surface area contributed by atoms with Gasteiger partial charge in [0.2, 0.25) is 5.91 Å². The number of ether oxygens (including phenoxy) is 1. The van der Waals surface area contributed by atoms with Gasteiger partial charge in [-0.25, -0.2) is 13.1 Å². The Morgan fingerprint density at radius 3 is 2.77 bits per heavy atom. The highest BCUT2D eigenvalue weighted by atomic mass is 35.5. The van der Waals surface area contributed by atoms with Crippen molar-refractivity contribution in [3.8, 4) is 5.75 Å². The van der Waals surface area contributed by atoms with E-state index in [2.05, 4.69) is 64.7 Å². The molecule has 0 bridgehead atoms. The molecule has 2 atom stereocenters. The lowest BCUT2D eigenvalue weighted by atomic mass is 9.98. The normalized spacial score (nSPS) is 19.2. The Balaban J connectivity index is 1.39. The summed E-state index contributed by atoms with van der Waals surface area (Å²) in [6.07, 6.45) is 5.09. The number of hydrogen-bond acceptors (Lipinski definition) is 8. The number of amides is 1. The number of nitrogens with one attached hydrogen (secondary N) is 1. The Hall–Kier alpha value is -3.42. The van der Waals surface area contributed by atoms with Crippen LogP contribution in [0.1, 0.15) is 48.8 Å². The molecule has 0 saturated carbocycles. The first kappa shape index (κ1) is 28.1. The van der Waals surface area contributed by atoms with Crippen molar-refractivity contribution in [3.05, 3.63) is 64.5 Å². The average Bonchev–Trinajstić information content (AvgIpc) is 3.47. The van der Waals surface area contributed by atoms with Gasteiger partial charge in [0, 0.05) is 56.6 Å². The van der Waals surface area contributed by atoms with E-state index in [0.29, 0.717) is 24.8 Å². The average molecular weight is 589 g/mol. The molecule has 3 aromatic rings. The van der Waals surface area contributed by atoms with Gasteiger partial charge >= 0.3 is 0 Å². The SMILES string of the molecule is Cc1nn(C)c(Cl)c1S(=O)(=O)N1C=CNC(=O)C1Cc1cn(C2CCOc3cc(CN(C)C(C)C)ccc32)nn1. The van der Waals surface area contributed by atoms with E-state index in [-0.39, 0.29) is 28.2 Å². The van der Waals surface area contributed by atoms with Crippen LogP contribution in [-0.2, 0) is 34.8 Å². The second-order valence-electron chi connectivity index (χ2n) is 10.4. The van der Waals surface area contributed by atoms with Crippen molar-refractivity contribution in [1.29, 1.82) is 0 Å². The van der Waals surface area contributed by atoms with Crippen molar-refractivity contribution in [2.45, 2.75) is 63.2 Å². The quantitative estimate of drug-likeness (QED) is 0.425. The van der Waals surface area contributed by atoms with E-state index >= 15 is 0 Å². The topological polar surface area (TPSA) is 127 Å². The van der Waals surface area contributed by atoms with E-state index in [0.717, 1.165) is 27.7 Å². The van der Waals surface area contributed by atoms with Gasteiger partial charge in [-0.05, 0) is 39.4 Å². The van der Waals surface area contributed by atoms with Gasteiger partial charge in [0.1, 0.15) is 21.8 Å². The second-order valence-corrected chi connectivity index (χ2v) is 12.6. The van der Waals surface area contributed by atoms with E-state index in [1.807, 2.05) is 0 Å². The van der Waals surface area contributed by atoms with Crippen molar-refractivity contribution >= 4 is 27.5 Å². The number of sulfonamides is 1. The third-order valence-electron chi connectivity index (χ3n) is 7.37. The molecule has 4 heterocycles. The number of carbonyl (C=O) groups excluding carboxylic acids is 1. The smallest absolute Gasteiger partial charge is 0.269 e. The predicted molar refractivity (Wildman–Crippen MR) is 148 cm³/mol. The van der Waals surface area contributed by atoms with E-state index in [9.17, 15) is 13.2 Å². The number of carbonyl (C=O) groups is 1. The number of benzene rings is 1. The Morgan fingerprint density at radius 1 is 1.30 bits per heavy atom. The highest BCUT2D eigenvalue weighted by Crippen LogP contribution is 2.36. The summed E-state index contributed by atoms with van der Waals surface area (Å²) < 4.78 is 37.3. The molecule has 1 amide bonds. The lowest BCUT2D eigenvalue weighted by Crippen LogP contribution is -2.50. The molecule has 1 N–H and O–H groups in total. The Labute approximate surface area is 238 Å². The van der Waals surface area contributed by atoms with Crippen LogP contribution in [0, 0.1) is 6.92 Å². The number of halogens is 1. The number of aromatic nitrogens is 5. The van der Waals surface area contributed by atoms with Crippen LogP contribution in [-0.4, -0.2) is 74.0 Å². The summed E-state index contributed by atoms with van der Waals surface area (Å²) in [5, 5.41) is 15.3. The summed E-state index contributed by atoms with van der Waals surface area (Å²) in [7, 11) is -0.534. The maximum absolute atomic E-state index is 13.6. The largest absolute Gasteiger partial charge is 0.493 e. The van der Waals surface area contributed by atoms with Crippen molar-refractivity contribution in [2.75, 3.05) is 13.7 Å². The van der Waals surface area contributed by atoms with Crippen LogP contribution in [0.4, 0.5) is 0 Å². The molecule has 0 spiro atoms. The maximum Gasteiger partial charge on any atom is 0.269 e. The van der Waals surface area contributed by atoms with Crippen LogP contribution < -0.4 is 10.1 Å². The number of fused-ring (bicyclic) bond motifs is 1. The lowest BCUT2D eigenvalue weighted by Gasteiger charge is -2.31. The van der Waals surface area contributed by atoms with Gasteiger partial charge in [0.25, 0.3) is 10.0 Å². The molecule has 12 nitrogen and oxygen atoms in total. The van der Waals surface area contributed by atoms with Crippen molar-refractivity contribution < 1.29 is 17.9 Å². The first-order chi connectivity index (χ1) is 19.0. The third-order valence-corrected chi connectivity index (χ3v) is 9.85. The first-order valence-electron chi connectivity index (χ1n) is 13.0. The summed E-state index contributed by atoms with van der Waals surface area (Å²) in [5.74, 6) is 0.342. The molecule has 14 heteroatoms. The van der Waals surface area contributed by atoms with Crippen LogP contribution in [0.25, 0.3) is 0 Å². The zero-order valence-electron chi connectivity index (χ0n) is 23.1. The highest BCUT2D eigenvalue weighted by Gasteiger charge is 2.39. The molecule has 2 aromatic heterocycles. The van der Waals surface area contributed by atoms with Crippen molar-refractivity contribution in [2.24, 2.45) is 7.05 Å². The van der Waals surface area contributed by atoms with Gasteiger partial charge in [0.05, 0.1) is 24.0 Å². The lowest BCUT2D eigenvalue weighted by molar-refractivity contribution is -0.124. The fraction of sp³-hybridized carbons (Fsp3) is 0.462. The molecular formula is C26H33ClN8O4S. The molecule has 214 valence electrons. The Kier molecular flexibility index (Phi) is 7.64. The maximum atomic E-state index is 13.6. The van der Waals surface area contributed by atoms with Gasteiger partial charge < -0.3 is 10.1 Å². The number of hydrogen-bond donors (Lipinski definition) is 1. The monoisotopic (exact) mass is 588 g/mol. The van der Waals surface area contributed by atoms with Gasteiger partial charge in [-0.2, -0.15) is 5.10 Å². The van der Waals surface area contributed by atoms with Gasteiger partial charge in [-0.15, -0.1) is 5.10 Å². The number of aryl methyl sites for hydroxylation is 2. The van der Waals surface area contributed by atoms with Crippen LogP contribution in [0.5, 0.6) is 5.75 Å². The molecule has 2 aliphatic rings. The first-order valence-corrected chi connectivity index (χ1v) is 14.9. The molecule has 2 aliphatic heterocycles. The summed E-state index contributed by atoms with van der Waals surface area (Å²) in [6, 6.07) is 5.49. The Bertz CT molecular complexity index is 1560. The van der Waals surface area contributed by atoms with Crippen LogP contribution in [0.15, 0.2) is 41.7 Å². The molecule has 0 radical (unpaired) electrons. The predicted octanol–water partition coefficient (Wildman–Crippen LogP) is 2.39. The molecule has 2 unspecified atom stereocenters. The van der Waals surface area contributed by atoms with Crippen LogP contribution >= 0.6 is 11.6 Å². The van der Waals surface area contributed by atoms with Crippen LogP contribution in [0.2, 0.25) is 5.15 Å². The number of rotatable bonds is 8. The zero-order valence-corrected chi connectivity index (χ0v) is 24.6. The van der Waals surface area contributed by atoms with Crippen molar-refractivity contribution in [1.82, 2.24) is 39.3 Å². The molecule has 1 aromatic carbocycles. The van der Waals surface area contributed by atoms with Gasteiger partial charge in [-0.1, -0.05) is 28.9 Å². The van der Waals surface area contributed by atoms with Gasteiger partial charge in [-0.3, -0.25) is 18.7 Å². The highest BCUT2D eigenvalue weighted by molar-refractivity contribution is 7.89. The molecule has 0 aliphatic carbocycles. The van der Waals surface area contributed by atoms with E-state index in [1.54, 1.807) is 24.9 Å². The standard InChI is InChI=1S/C26H33ClN8O4S/c1-16(2)32(4)14-18-6-7-20-21(8-11-39-23(20)12-18)34-15-19(29-31-34)13-22-26(36)28-9-10-35(22)40(37,38)24-17(3)30-33(5)25(24)27/h6-7,9-10,12,15-16,21-22H,8,11,13-14H2,1-5H3,(H,28,36). The zero-order chi connectivity index (χ0) is 28.8.